The second kappa shape index (κ2) is 2.25. The van der Waals surface area contributed by atoms with Gasteiger partial charge in [-0.15, -0.1) is 5.21 Å². The molecule has 0 aliphatic heterocycles. The van der Waals surface area contributed by atoms with Crippen LogP contribution in [0.1, 0.15) is 0 Å². The van der Waals surface area contributed by atoms with Gasteiger partial charge < -0.3 is 0 Å². The van der Waals surface area contributed by atoms with Gasteiger partial charge in [-0.3, -0.25) is 5.10 Å². The third-order valence-electron chi connectivity index (χ3n) is 0.669. The van der Waals surface area contributed by atoms with Crippen molar-refractivity contribution in [1.29, 1.82) is 0 Å². The average molecular weight is 143 g/mol. The van der Waals surface area contributed by atoms with Gasteiger partial charge in [0.1, 0.15) is 11.0 Å². The van der Waals surface area contributed by atoms with E-state index in [4.69, 9.17) is 0 Å². The molecule has 0 bridgehead atoms. The van der Waals surface area contributed by atoms with Crippen LogP contribution in [0.25, 0.3) is 5.43 Å². The summed E-state index contributed by atoms with van der Waals surface area (Å²) in [6, 6.07) is 0. The highest BCUT2D eigenvalue weighted by atomic mass is 16.7. The fourth-order valence-corrected chi connectivity index (χ4v) is 0.387. The van der Waals surface area contributed by atoms with E-state index in [0.29, 0.717) is 0 Å². The van der Waals surface area contributed by atoms with Crippen molar-refractivity contribution < 1.29 is 5.03 Å². The average Bonchev–Trinajstić information content (AvgIpc) is 2.13. The number of hydrogen-bond acceptors (Lipinski definition) is 5. The molecular weight excluding hydrogens is 140 g/mol. The number of aromatic nitrogens is 4. The number of rotatable bonds is 2. The summed E-state index contributed by atoms with van der Waals surface area (Å²) in [5.41, 5.74) is 2.80. The Balaban J connectivity index is 2.67. The maximum atomic E-state index is 9.70. The first-order chi connectivity index (χ1) is 4.68. The van der Waals surface area contributed by atoms with Crippen LogP contribution in [0.3, 0.4) is 0 Å². The molecule has 1 heterocycles. The molecule has 0 fully saturated rings. The molecule has 8 heteroatoms. The van der Waals surface area contributed by atoms with E-state index < -0.39 is 5.03 Å². The Morgan fingerprint density at radius 1 is 1.80 bits per heavy atom. The number of aryl methyl sites for hydroxylation is 1. The molecule has 0 spiro atoms. The van der Waals surface area contributed by atoms with Crippen LogP contribution in [0, 0.1) is 10.1 Å². The molecule has 0 aromatic carbocycles. The Labute approximate surface area is 55.0 Å². The molecular formula is C2H3N6O2-. The van der Waals surface area contributed by atoms with Crippen molar-refractivity contribution >= 4 is 5.95 Å². The van der Waals surface area contributed by atoms with Gasteiger partial charge in [0, 0.05) is 7.05 Å². The second-order valence-corrected chi connectivity index (χ2v) is 1.42. The summed E-state index contributed by atoms with van der Waals surface area (Å²) in [6.07, 6.45) is 0. The molecule has 0 unspecified atom stereocenters. The lowest BCUT2D eigenvalue weighted by molar-refractivity contribution is -0.419. The van der Waals surface area contributed by atoms with E-state index in [2.05, 4.69) is 20.8 Å². The fourth-order valence-electron chi connectivity index (χ4n) is 0.387. The SMILES string of the molecule is Cn1nnc([N-][N+](=O)[O-])n1. The van der Waals surface area contributed by atoms with Crippen molar-refractivity contribution in [2.24, 2.45) is 7.05 Å². The topological polar surface area (TPSA) is 101 Å². The van der Waals surface area contributed by atoms with Crippen LogP contribution in [0.15, 0.2) is 0 Å². The zero-order valence-corrected chi connectivity index (χ0v) is 5.00. The highest BCUT2D eigenvalue weighted by Gasteiger charge is 1.93. The molecule has 1 aromatic heterocycles. The largest absolute Gasteiger partial charge is 0.270 e. The van der Waals surface area contributed by atoms with Crippen LogP contribution >= 0.6 is 0 Å². The van der Waals surface area contributed by atoms with Gasteiger partial charge in [0.25, 0.3) is 0 Å². The van der Waals surface area contributed by atoms with Gasteiger partial charge in [-0.25, -0.2) is 20.0 Å². The minimum absolute atomic E-state index is 0.243. The predicted molar refractivity (Wildman–Crippen MR) is 28.8 cm³/mol. The Morgan fingerprint density at radius 2 is 2.50 bits per heavy atom. The highest BCUT2D eigenvalue weighted by molar-refractivity contribution is 5.20. The Hall–Kier alpha value is -1.73. The van der Waals surface area contributed by atoms with Gasteiger partial charge in [-0.1, -0.05) is 5.43 Å². The van der Waals surface area contributed by atoms with Crippen LogP contribution in [0.5, 0.6) is 0 Å². The molecule has 0 N–H and O–H groups in total. The van der Waals surface area contributed by atoms with E-state index in [9.17, 15) is 10.1 Å². The number of tetrazole rings is 1. The maximum absolute atomic E-state index is 9.70. The monoisotopic (exact) mass is 143 g/mol. The summed E-state index contributed by atoms with van der Waals surface area (Å²) < 4.78 is 0. The van der Waals surface area contributed by atoms with Crippen LogP contribution in [0.2, 0.25) is 0 Å². The van der Waals surface area contributed by atoms with Crippen LogP contribution in [-0.4, -0.2) is 25.2 Å². The molecule has 0 saturated heterocycles. The summed E-state index contributed by atoms with van der Waals surface area (Å²) in [4.78, 5) is 10.8. The molecule has 0 aliphatic carbocycles. The first-order valence-corrected chi connectivity index (χ1v) is 2.28. The smallest absolute Gasteiger partial charge is 0.133 e. The van der Waals surface area contributed by atoms with Crippen molar-refractivity contribution in [1.82, 2.24) is 20.2 Å². The van der Waals surface area contributed by atoms with Crippen molar-refractivity contribution in [2.75, 3.05) is 0 Å². The minimum Gasteiger partial charge on any atom is -0.270 e. The Bertz CT molecular complexity index is 242. The van der Waals surface area contributed by atoms with Gasteiger partial charge in [0.2, 0.25) is 0 Å². The lowest BCUT2D eigenvalue weighted by Crippen LogP contribution is -1.92. The first kappa shape index (κ1) is 6.39. The van der Waals surface area contributed by atoms with Crippen molar-refractivity contribution in [3.63, 3.8) is 0 Å². The summed E-state index contributed by atoms with van der Waals surface area (Å²) in [6.45, 7) is 0. The standard InChI is InChI=1S/C2H3N6O2/c1-7-4-2(3-6-7)5-8(9)10/h1H3/q-1. The molecule has 0 amide bonds. The van der Waals surface area contributed by atoms with Crippen LogP contribution in [0.4, 0.5) is 5.95 Å². The van der Waals surface area contributed by atoms with E-state index >= 15 is 0 Å². The van der Waals surface area contributed by atoms with E-state index in [1.807, 2.05) is 0 Å². The third kappa shape index (κ3) is 1.37. The predicted octanol–water partition coefficient (Wildman–Crippen LogP) is -0.593. The van der Waals surface area contributed by atoms with Crippen molar-refractivity contribution in [3.05, 3.63) is 15.5 Å². The summed E-state index contributed by atoms with van der Waals surface area (Å²) in [7, 11) is 1.49. The summed E-state index contributed by atoms with van der Waals surface area (Å²) >= 11 is 0. The maximum Gasteiger partial charge on any atom is 0.133 e. The lowest BCUT2D eigenvalue weighted by atomic mass is 11.1. The molecule has 0 atom stereocenters. The highest BCUT2D eigenvalue weighted by Crippen LogP contribution is 2.05. The zero-order valence-electron chi connectivity index (χ0n) is 5.00. The van der Waals surface area contributed by atoms with Crippen molar-refractivity contribution in [2.45, 2.75) is 0 Å². The summed E-state index contributed by atoms with van der Waals surface area (Å²) in [5.74, 6) is -0.243. The van der Waals surface area contributed by atoms with Gasteiger partial charge in [0.05, 0.1) is 0 Å². The molecule has 1 rings (SSSR count). The number of nitro groups is 1. The van der Waals surface area contributed by atoms with Gasteiger partial charge in [0.15, 0.2) is 0 Å². The first-order valence-electron chi connectivity index (χ1n) is 2.28. The normalized spacial score (nSPS) is 9.30. The minimum atomic E-state index is -0.878. The van der Waals surface area contributed by atoms with Gasteiger partial charge >= 0.3 is 0 Å². The fraction of sp³-hybridized carbons (Fsp3) is 0.500. The molecule has 0 radical (unpaired) electrons. The molecule has 8 nitrogen and oxygen atoms in total. The quantitative estimate of drug-likeness (QED) is 0.406. The third-order valence-corrected chi connectivity index (χ3v) is 0.669. The molecule has 0 saturated carbocycles. The van der Waals surface area contributed by atoms with Crippen LogP contribution in [-0.2, 0) is 7.05 Å². The van der Waals surface area contributed by atoms with E-state index in [-0.39, 0.29) is 5.95 Å². The van der Waals surface area contributed by atoms with E-state index in [1.54, 1.807) is 0 Å². The molecule has 0 aliphatic rings. The molecule has 10 heavy (non-hydrogen) atoms. The van der Waals surface area contributed by atoms with E-state index in [1.165, 1.54) is 7.05 Å². The number of hydrogen-bond donors (Lipinski definition) is 0. The van der Waals surface area contributed by atoms with Crippen molar-refractivity contribution in [3.8, 4) is 0 Å². The summed E-state index contributed by atoms with van der Waals surface area (Å²) in [5, 5.41) is 18.8. The van der Waals surface area contributed by atoms with Crippen LogP contribution < -0.4 is 0 Å². The Morgan fingerprint density at radius 3 is 2.90 bits per heavy atom. The second-order valence-electron chi connectivity index (χ2n) is 1.42. The van der Waals surface area contributed by atoms with Gasteiger partial charge in [-0.05, 0) is 0 Å². The Kier molecular flexibility index (Phi) is 1.44. The lowest BCUT2D eigenvalue weighted by Gasteiger charge is -1.91. The van der Waals surface area contributed by atoms with Gasteiger partial charge in [-0.2, -0.15) is 0 Å². The molecule has 1 aromatic rings. The zero-order chi connectivity index (χ0) is 7.56. The number of nitrogens with zero attached hydrogens (tertiary/aromatic N) is 6. The molecule has 54 valence electrons. The van der Waals surface area contributed by atoms with E-state index in [0.717, 1.165) is 4.80 Å².